The highest BCUT2D eigenvalue weighted by Crippen LogP contribution is 2.13. The van der Waals surface area contributed by atoms with E-state index in [1.807, 2.05) is 43.3 Å². The Balaban J connectivity index is 1.57. The van der Waals surface area contributed by atoms with Crippen molar-refractivity contribution in [2.24, 2.45) is 0 Å². The molecule has 2 aromatic carbocycles. The minimum Gasteiger partial charge on any atom is -0.492 e. The molecule has 0 bridgehead atoms. The molecule has 0 fully saturated rings. The van der Waals surface area contributed by atoms with Crippen molar-refractivity contribution >= 4 is 17.9 Å². The molecule has 2 amide bonds. The van der Waals surface area contributed by atoms with Crippen LogP contribution in [0.4, 0.5) is 0 Å². The quantitative estimate of drug-likeness (QED) is 0.365. The van der Waals surface area contributed by atoms with E-state index in [2.05, 4.69) is 17.6 Å². The number of amides is 2. The van der Waals surface area contributed by atoms with Crippen LogP contribution in [0.1, 0.15) is 40.6 Å². The first-order valence-corrected chi connectivity index (χ1v) is 10.7. The summed E-state index contributed by atoms with van der Waals surface area (Å²) in [6.07, 6.45) is 5.13. The number of hydrogen-bond donors (Lipinski definition) is 2. The maximum absolute atomic E-state index is 12.7. The highest BCUT2D eigenvalue weighted by atomic mass is 16.5. The van der Waals surface area contributed by atoms with E-state index in [0.29, 0.717) is 17.9 Å². The number of aryl methyl sites for hydroxylation is 2. The lowest BCUT2D eigenvalue weighted by Gasteiger charge is -2.12. The summed E-state index contributed by atoms with van der Waals surface area (Å²) >= 11 is 0. The Morgan fingerprint density at radius 3 is 2.44 bits per heavy atom. The van der Waals surface area contributed by atoms with Crippen molar-refractivity contribution in [1.29, 1.82) is 0 Å². The zero-order chi connectivity index (χ0) is 22.8. The molecule has 0 aliphatic heterocycles. The van der Waals surface area contributed by atoms with Crippen molar-refractivity contribution in [1.82, 2.24) is 10.6 Å². The van der Waals surface area contributed by atoms with Crippen LogP contribution in [-0.4, -0.2) is 25.0 Å². The summed E-state index contributed by atoms with van der Waals surface area (Å²) in [5.41, 5.74) is 2.87. The Kier molecular flexibility index (Phi) is 8.26. The van der Waals surface area contributed by atoms with E-state index >= 15 is 0 Å². The third-order valence-electron chi connectivity index (χ3n) is 4.75. The standard InChI is InChI=1S/C26H28N2O4/c1-3-5-20-9-13-22(14-10-20)32-17-15-27-26(30)24(18-23-6-4-16-31-23)28-25(29)21-11-7-19(2)8-12-21/h4,6-14,16,18H,3,5,15,17H2,1-2H3,(H,27,30)(H,28,29)/b24-18-. The molecule has 6 heteroatoms. The second-order valence-corrected chi connectivity index (χ2v) is 7.39. The fourth-order valence-corrected chi connectivity index (χ4v) is 3.04. The van der Waals surface area contributed by atoms with Crippen LogP contribution in [0.15, 0.2) is 77.0 Å². The molecular formula is C26H28N2O4. The van der Waals surface area contributed by atoms with Gasteiger partial charge in [0.2, 0.25) is 0 Å². The smallest absolute Gasteiger partial charge is 0.268 e. The van der Waals surface area contributed by atoms with Crippen molar-refractivity contribution < 1.29 is 18.7 Å². The van der Waals surface area contributed by atoms with E-state index in [1.54, 1.807) is 24.3 Å². The molecule has 0 saturated carbocycles. The zero-order valence-corrected chi connectivity index (χ0v) is 18.4. The average molecular weight is 433 g/mol. The third-order valence-corrected chi connectivity index (χ3v) is 4.75. The van der Waals surface area contributed by atoms with E-state index in [9.17, 15) is 9.59 Å². The first-order valence-electron chi connectivity index (χ1n) is 10.7. The number of rotatable bonds is 10. The van der Waals surface area contributed by atoms with Gasteiger partial charge in [-0.05, 0) is 55.3 Å². The van der Waals surface area contributed by atoms with Crippen molar-refractivity contribution in [3.05, 3.63) is 95.1 Å². The topological polar surface area (TPSA) is 80.6 Å². The van der Waals surface area contributed by atoms with E-state index < -0.39 is 5.91 Å². The SMILES string of the molecule is CCCc1ccc(OCCNC(=O)/C(=C/c2ccco2)NC(=O)c2ccc(C)cc2)cc1. The van der Waals surface area contributed by atoms with Gasteiger partial charge in [0.1, 0.15) is 23.8 Å². The van der Waals surface area contributed by atoms with Crippen LogP contribution in [0.2, 0.25) is 0 Å². The second-order valence-electron chi connectivity index (χ2n) is 7.39. The minimum absolute atomic E-state index is 0.0921. The van der Waals surface area contributed by atoms with Crippen LogP contribution in [0, 0.1) is 6.92 Å². The lowest BCUT2D eigenvalue weighted by atomic mass is 10.1. The van der Waals surface area contributed by atoms with E-state index in [1.165, 1.54) is 17.9 Å². The third kappa shape index (κ3) is 6.87. The molecular weight excluding hydrogens is 404 g/mol. The van der Waals surface area contributed by atoms with E-state index in [-0.39, 0.29) is 18.1 Å². The molecule has 0 aliphatic carbocycles. The number of carbonyl (C=O) groups is 2. The number of benzene rings is 2. The second kappa shape index (κ2) is 11.6. The number of carbonyl (C=O) groups excluding carboxylic acids is 2. The van der Waals surface area contributed by atoms with Gasteiger partial charge >= 0.3 is 0 Å². The highest BCUT2D eigenvalue weighted by molar-refractivity contribution is 6.05. The van der Waals surface area contributed by atoms with Crippen LogP contribution in [0.5, 0.6) is 5.75 Å². The summed E-state index contributed by atoms with van der Waals surface area (Å²) in [5, 5.41) is 5.45. The summed E-state index contributed by atoms with van der Waals surface area (Å²) < 4.78 is 11.0. The van der Waals surface area contributed by atoms with Gasteiger partial charge in [-0.1, -0.05) is 43.2 Å². The Bertz CT molecular complexity index is 1040. The number of nitrogens with one attached hydrogen (secondary N) is 2. The summed E-state index contributed by atoms with van der Waals surface area (Å²) in [7, 11) is 0. The van der Waals surface area contributed by atoms with Crippen LogP contribution in [0.25, 0.3) is 6.08 Å². The number of furan rings is 1. The Morgan fingerprint density at radius 1 is 1.03 bits per heavy atom. The van der Waals surface area contributed by atoms with E-state index in [0.717, 1.165) is 24.2 Å². The molecule has 0 saturated heterocycles. The Labute approximate surface area is 188 Å². The first kappa shape index (κ1) is 22.9. The molecule has 1 heterocycles. The van der Waals surface area contributed by atoms with Crippen molar-refractivity contribution in [3.63, 3.8) is 0 Å². The van der Waals surface area contributed by atoms with E-state index in [4.69, 9.17) is 9.15 Å². The maximum Gasteiger partial charge on any atom is 0.268 e. The Morgan fingerprint density at radius 2 is 1.78 bits per heavy atom. The van der Waals surface area contributed by atoms with Gasteiger partial charge < -0.3 is 19.8 Å². The van der Waals surface area contributed by atoms with Gasteiger partial charge in [-0.15, -0.1) is 0 Å². The predicted molar refractivity (Wildman–Crippen MR) is 124 cm³/mol. The normalized spacial score (nSPS) is 11.1. The molecule has 0 aliphatic rings. The fraction of sp³-hybridized carbons (Fsp3) is 0.231. The van der Waals surface area contributed by atoms with Gasteiger partial charge in [0, 0.05) is 11.6 Å². The van der Waals surface area contributed by atoms with Gasteiger partial charge in [-0.25, -0.2) is 0 Å². The van der Waals surface area contributed by atoms with Gasteiger partial charge in [0.15, 0.2) is 0 Å². The molecule has 2 N–H and O–H groups in total. The first-order chi connectivity index (χ1) is 15.5. The molecule has 1 aromatic heterocycles. The van der Waals surface area contributed by atoms with Crippen molar-refractivity contribution in [2.75, 3.05) is 13.2 Å². The lowest BCUT2D eigenvalue weighted by molar-refractivity contribution is -0.117. The molecule has 3 aromatic rings. The van der Waals surface area contributed by atoms with Crippen LogP contribution >= 0.6 is 0 Å². The highest BCUT2D eigenvalue weighted by Gasteiger charge is 2.15. The fourth-order valence-electron chi connectivity index (χ4n) is 3.04. The number of hydrogen-bond acceptors (Lipinski definition) is 4. The maximum atomic E-state index is 12.7. The molecule has 0 radical (unpaired) electrons. The largest absolute Gasteiger partial charge is 0.492 e. The Hall–Kier alpha value is -3.80. The summed E-state index contributed by atoms with van der Waals surface area (Å²) in [6.45, 7) is 4.67. The summed E-state index contributed by atoms with van der Waals surface area (Å²) in [4.78, 5) is 25.3. The van der Waals surface area contributed by atoms with Crippen LogP contribution in [-0.2, 0) is 11.2 Å². The minimum atomic E-state index is -0.427. The molecule has 0 unspecified atom stereocenters. The lowest BCUT2D eigenvalue weighted by Crippen LogP contribution is -2.36. The molecule has 6 nitrogen and oxygen atoms in total. The summed E-state index contributed by atoms with van der Waals surface area (Å²) in [5.74, 6) is 0.408. The molecule has 0 atom stereocenters. The van der Waals surface area contributed by atoms with Crippen LogP contribution in [0.3, 0.4) is 0 Å². The number of ether oxygens (including phenoxy) is 1. The zero-order valence-electron chi connectivity index (χ0n) is 18.4. The molecule has 3 rings (SSSR count). The predicted octanol–water partition coefficient (Wildman–Crippen LogP) is 4.51. The molecule has 166 valence electrons. The molecule has 0 spiro atoms. The molecule has 32 heavy (non-hydrogen) atoms. The van der Waals surface area contributed by atoms with Crippen molar-refractivity contribution in [3.8, 4) is 5.75 Å². The monoisotopic (exact) mass is 432 g/mol. The van der Waals surface area contributed by atoms with Gasteiger partial charge in [0.25, 0.3) is 11.8 Å². The average Bonchev–Trinajstić information content (AvgIpc) is 3.31. The van der Waals surface area contributed by atoms with Gasteiger partial charge in [-0.3, -0.25) is 9.59 Å². The van der Waals surface area contributed by atoms with Gasteiger partial charge in [0.05, 0.1) is 12.8 Å². The van der Waals surface area contributed by atoms with Crippen LogP contribution < -0.4 is 15.4 Å². The summed E-state index contributed by atoms with van der Waals surface area (Å²) in [6, 6.07) is 18.5. The van der Waals surface area contributed by atoms with Gasteiger partial charge in [-0.2, -0.15) is 0 Å². The van der Waals surface area contributed by atoms with Crippen molar-refractivity contribution in [2.45, 2.75) is 26.7 Å².